The van der Waals surface area contributed by atoms with Crippen molar-refractivity contribution in [1.29, 1.82) is 0 Å². The standard InChI is InChI=1S/C23H25N3O4/c1-29-21-9-5-3-7-18(21)26-14-12-25(13-15-26)11-10-24-23(28)22-16-19(27)17-6-2-4-8-20(17)30-22/h2-9,16H,10-15H2,1H3,(H,24,28). The lowest BCUT2D eigenvalue weighted by atomic mass is 10.2. The van der Waals surface area contributed by atoms with Gasteiger partial charge in [0.2, 0.25) is 0 Å². The van der Waals surface area contributed by atoms with E-state index in [-0.39, 0.29) is 17.1 Å². The van der Waals surface area contributed by atoms with Gasteiger partial charge in [0.25, 0.3) is 5.91 Å². The quantitative estimate of drug-likeness (QED) is 0.676. The normalized spacial score (nSPS) is 14.6. The summed E-state index contributed by atoms with van der Waals surface area (Å²) in [5.41, 5.74) is 1.32. The van der Waals surface area contributed by atoms with Gasteiger partial charge in [-0.15, -0.1) is 0 Å². The smallest absolute Gasteiger partial charge is 0.287 e. The molecule has 0 unspecified atom stereocenters. The number of hydrogen-bond acceptors (Lipinski definition) is 6. The number of nitrogens with one attached hydrogen (secondary N) is 1. The Morgan fingerprint density at radius 1 is 1.07 bits per heavy atom. The van der Waals surface area contributed by atoms with Crippen molar-refractivity contribution in [1.82, 2.24) is 10.2 Å². The number of carbonyl (C=O) groups excluding carboxylic acids is 1. The van der Waals surface area contributed by atoms with Crippen LogP contribution < -0.4 is 20.4 Å². The van der Waals surface area contributed by atoms with Gasteiger partial charge < -0.3 is 19.4 Å². The van der Waals surface area contributed by atoms with Gasteiger partial charge in [0.05, 0.1) is 18.2 Å². The lowest BCUT2D eigenvalue weighted by molar-refractivity contribution is 0.0920. The Hall–Kier alpha value is -3.32. The van der Waals surface area contributed by atoms with Crippen LogP contribution in [-0.4, -0.2) is 57.2 Å². The van der Waals surface area contributed by atoms with Gasteiger partial charge in [0, 0.05) is 45.3 Å². The Morgan fingerprint density at radius 2 is 1.80 bits per heavy atom. The number of nitrogens with zero attached hydrogens (tertiary/aromatic N) is 2. The van der Waals surface area contributed by atoms with E-state index < -0.39 is 0 Å². The number of benzene rings is 2. The first kappa shape index (κ1) is 20.0. The van der Waals surface area contributed by atoms with Crippen LogP contribution in [0.2, 0.25) is 0 Å². The van der Waals surface area contributed by atoms with Crippen molar-refractivity contribution < 1.29 is 13.9 Å². The molecular formula is C23H25N3O4. The highest BCUT2D eigenvalue weighted by atomic mass is 16.5. The fourth-order valence-electron chi connectivity index (χ4n) is 3.73. The van der Waals surface area contributed by atoms with Crippen molar-refractivity contribution in [2.45, 2.75) is 0 Å². The third-order valence-electron chi connectivity index (χ3n) is 5.37. The molecule has 30 heavy (non-hydrogen) atoms. The van der Waals surface area contributed by atoms with E-state index in [1.807, 2.05) is 18.2 Å². The van der Waals surface area contributed by atoms with Crippen LogP contribution in [0.25, 0.3) is 11.0 Å². The zero-order valence-electron chi connectivity index (χ0n) is 17.0. The Balaban J connectivity index is 1.28. The highest BCUT2D eigenvalue weighted by molar-refractivity contribution is 5.93. The van der Waals surface area contributed by atoms with Crippen LogP contribution in [0.3, 0.4) is 0 Å². The number of fused-ring (bicyclic) bond motifs is 1. The number of ether oxygens (including phenoxy) is 1. The second-order valence-electron chi connectivity index (χ2n) is 7.23. The van der Waals surface area contributed by atoms with Crippen molar-refractivity contribution in [3.05, 3.63) is 70.6 Å². The van der Waals surface area contributed by atoms with Crippen LogP contribution in [0.15, 0.2) is 63.8 Å². The molecule has 1 amide bonds. The summed E-state index contributed by atoms with van der Waals surface area (Å²) in [7, 11) is 1.69. The summed E-state index contributed by atoms with van der Waals surface area (Å²) in [4.78, 5) is 29.2. The van der Waals surface area contributed by atoms with Crippen molar-refractivity contribution in [2.75, 3.05) is 51.3 Å². The van der Waals surface area contributed by atoms with Crippen LogP contribution in [-0.2, 0) is 0 Å². The number of para-hydroxylation sites is 3. The Labute approximate surface area is 174 Å². The van der Waals surface area contributed by atoms with Gasteiger partial charge in [-0.1, -0.05) is 24.3 Å². The van der Waals surface area contributed by atoms with Gasteiger partial charge in [0.15, 0.2) is 11.2 Å². The third-order valence-corrected chi connectivity index (χ3v) is 5.37. The van der Waals surface area contributed by atoms with Crippen LogP contribution in [0.1, 0.15) is 10.6 Å². The van der Waals surface area contributed by atoms with E-state index >= 15 is 0 Å². The second kappa shape index (κ2) is 9.00. The number of amides is 1. The van der Waals surface area contributed by atoms with Gasteiger partial charge in [-0.2, -0.15) is 0 Å². The molecule has 1 saturated heterocycles. The summed E-state index contributed by atoms with van der Waals surface area (Å²) >= 11 is 0. The summed E-state index contributed by atoms with van der Waals surface area (Å²) in [6, 6.07) is 16.2. The molecule has 7 nitrogen and oxygen atoms in total. The lowest BCUT2D eigenvalue weighted by Gasteiger charge is -2.36. The van der Waals surface area contributed by atoms with E-state index in [4.69, 9.17) is 9.15 Å². The molecule has 3 aromatic rings. The topological polar surface area (TPSA) is 75.0 Å². The molecule has 0 spiro atoms. The van der Waals surface area contributed by atoms with Crippen LogP contribution in [0, 0.1) is 0 Å². The van der Waals surface area contributed by atoms with Crippen molar-refractivity contribution in [2.24, 2.45) is 0 Å². The first-order valence-corrected chi connectivity index (χ1v) is 10.1. The number of anilines is 1. The van der Waals surface area contributed by atoms with Crippen LogP contribution in [0.4, 0.5) is 5.69 Å². The molecule has 0 radical (unpaired) electrons. The number of piperazine rings is 1. The van der Waals surface area contributed by atoms with E-state index in [1.165, 1.54) is 6.07 Å². The van der Waals surface area contributed by atoms with E-state index in [2.05, 4.69) is 21.2 Å². The molecule has 0 bridgehead atoms. The van der Waals surface area contributed by atoms with Crippen molar-refractivity contribution in [3.8, 4) is 5.75 Å². The maximum absolute atomic E-state index is 12.4. The molecule has 1 aliphatic heterocycles. The van der Waals surface area contributed by atoms with Crippen molar-refractivity contribution in [3.63, 3.8) is 0 Å². The largest absolute Gasteiger partial charge is 0.495 e. The number of methoxy groups -OCH3 is 1. The predicted molar refractivity (Wildman–Crippen MR) is 116 cm³/mol. The van der Waals surface area contributed by atoms with Crippen molar-refractivity contribution >= 4 is 22.6 Å². The van der Waals surface area contributed by atoms with Gasteiger partial charge >= 0.3 is 0 Å². The molecule has 0 aliphatic carbocycles. The second-order valence-corrected chi connectivity index (χ2v) is 7.23. The fraction of sp³-hybridized carbons (Fsp3) is 0.304. The Bertz CT molecular complexity index is 1090. The first-order chi connectivity index (χ1) is 14.7. The summed E-state index contributed by atoms with van der Waals surface area (Å²) in [5, 5.41) is 3.33. The summed E-state index contributed by atoms with van der Waals surface area (Å²) in [6.45, 7) is 4.83. The Kier molecular flexibility index (Phi) is 5.99. The highest BCUT2D eigenvalue weighted by Crippen LogP contribution is 2.28. The van der Waals surface area contributed by atoms with E-state index in [0.717, 1.165) is 44.2 Å². The minimum absolute atomic E-state index is 0.0414. The van der Waals surface area contributed by atoms with Crippen LogP contribution in [0.5, 0.6) is 5.75 Å². The fourth-order valence-corrected chi connectivity index (χ4v) is 3.73. The highest BCUT2D eigenvalue weighted by Gasteiger charge is 2.19. The minimum Gasteiger partial charge on any atom is -0.495 e. The molecule has 156 valence electrons. The van der Waals surface area contributed by atoms with Gasteiger partial charge in [-0.3, -0.25) is 14.5 Å². The zero-order chi connectivity index (χ0) is 20.9. The molecule has 0 saturated carbocycles. The molecule has 1 N–H and O–H groups in total. The molecule has 2 heterocycles. The molecule has 1 aromatic heterocycles. The van der Waals surface area contributed by atoms with E-state index in [0.29, 0.717) is 17.5 Å². The van der Waals surface area contributed by atoms with Gasteiger partial charge in [-0.25, -0.2) is 0 Å². The number of rotatable bonds is 6. The molecule has 0 atom stereocenters. The zero-order valence-corrected chi connectivity index (χ0v) is 17.0. The third kappa shape index (κ3) is 4.31. The molecule has 1 aliphatic rings. The average Bonchev–Trinajstić information content (AvgIpc) is 2.79. The summed E-state index contributed by atoms with van der Waals surface area (Å²) < 4.78 is 11.0. The maximum atomic E-state index is 12.4. The average molecular weight is 407 g/mol. The molecule has 4 rings (SSSR count). The molecular weight excluding hydrogens is 382 g/mol. The first-order valence-electron chi connectivity index (χ1n) is 10.1. The summed E-state index contributed by atoms with van der Waals surface area (Å²) in [5.74, 6) is 0.556. The Morgan fingerprint density at radius 3 is 2.60 bits per heavy atom. The number of carbonyl (C=O) groups is 1. The molecule has 1 fully saturated rings. The maximum Gasteiger partial charge on any atom is 0.287 e. The summed E-state index contributed by atoms with van der Waals surface area (Å²) in [6.07, 6.45) is 0. The van der Waals surface area contributed by atoms with Gasteiger partial charge in [0.1, 0.15) is 11.3 Å². The van der Waals surface area contributed by atoms with Crippen LogP contribution >= 0.6 is 0 Å². The van der Waals surface area contributed by atoms with Gasteiger partial charge in [-0.05, 0) is 24.3 Å². The molecule has 2 aromatic carbocycles. The van der Waals surface area contributed by atoms with E-state index in [9.17, 15) is 9.59 Å². The number of hydrogen-bond donors (Lipinski definition) is 1. The monoisotopic (exact) mass is 407 g/mol. The SMILES string of the molecule is COc1ccccc1N1CCN(CCNC(=O)c2cc(=O)c3ccccc3o2)CC1. The molecule has 7 heteroatoms. The van der Waals surface area contributed by atoms with E-state index in [1.54, 1.807) is 31.4 Å². The minimum atomic E-state index is -0.370. The lowest BCUT2D eigenvalue weighted by Crippen LogP contribution is -2.48. The predicted octanol–water partition coefficient (Wildman–Crippen LogP) is 2.35.